The minimum Gasteiger partial charge on any atom is -0.443 e. The molecule has 0 radical (unpaired) electrons. The first kappa shape index (κ1) is 15.5. The van der Waals surface area contributed by atoms with Crippen molar-refractivity contribution in [3.05, 3.63) is 17.8 Å². The van der Waals surface area contributed by atoms with Gasteiger partial charge in [-0.2, -0.15) is 0 Å². The molecule has 1 aromatic heterocycles. The average Bonchev–Trinajstić information content (AvgIpc) is 2.88. The Kier molecular flexibility index (Phi) is 4.86. The quantitative estimate of drug-likeness (QED) is 0.847. The Bertz CT molecular complexity index is 416. The molecule has 20 heavy (non-hydrogen) atoms. The Balaban J connectivity index is 1.95. The van der Waals surface area contributed by atoms with Gasteiger partial charge in [-0.15, -0.1) is 0 Å². The van der Waals surface area contributed by atoms with E-state index in [0.29, 0.717) is 5.92 Å². The Labute approximate surface area is 122 Å². The van der Waals surface area contributed by atoms with Crippen molar-refractivity contribution in [2.45, 2.75) is 52.0 Å². The van der Waals surface area contributed by atoms with Gasteiger partial charge in [-0.1, -0.05) is 20.8 Å². The summed E-state index contributed by atoms with van der Waals surface area (Å²) >= 11 is 0. The molecule has 0 aromatic carbocycles. The van der Waals surface area contributed by atoms with Gasteiger partial charge in [-0.05, 0) is 32.7 Å². The van der Waals surface area contributed by atoms with Crippen molar-refractivity contribution >= 4 is 0 Å². The second-order valence-electron chi connectivity index (χ2n) is 7.01. The molecular weight excluding hydrogens is 252 g/mol. The van der Waals surface area contributed by atoms with Gasteiger partial charge in [0.05, 0.1) is 18.8 Å². The Morgan fingerprint density at radius 1 is 1.45 bits per heavy atom. The number of hydrogen-bond acceptors (Lipinski definition) is 4. The zero-order valence-electron chi connectivity index (χ0n) is 13.5. The van der Waals surface area contributed by atoms with Gasteiger partial charge < -0.3 is 9.15 Å². The van der Waals surface area contributed by atoms with E-state index in [0.717, 1.165) is 31.4 Å². The van der Waals surface area contributed by atoms with E-state index in [1.165, 1.54) is 12.8 Å². The molecule has 0 unspecified atom stereocenters. The summed E-state index contributed by atoms with van der Waals surface area (Å²) in [5, 5.41) is 0. The van der Waals surface area contributed by atoms with Crippen LogP contribution >= 0.6 is 0 Å². The summed E-state index contributed by atoms with van der Waals surface area (Å²) in [4.78, 5) is 6.77. The van der Waals surface area contributed by atoms with Gasteiger partial charge in [0.25, 0.3) is 0 Å². The number of oxazole rings is 1. The summed E-state index contributed by atoms with van der Waals surface area (Å²) in [5.74, 6) is 2.40. The third kappa shape index (κ3) is 3.83. The summed E-state index contributed by atoms with van der Waals surface area (Å²) in [6.45, 7) is 11.4. The lowest BCUT2D eigenvalue weighted by molar-refractivity contribution is 0.0352. The molecule has 2 atom stereocenters. The molecule has 4 heteroatoms. The first-order valence-electron chi connectivity index (χ1n) is 7.62. The van der Waals surface area contributed by atoms with E-state index in [-0.39, 0.29) is 11.5 Å². The van der Waals surface area contributed by atoms with E-state index >= 15 is 0 Å². The van der Waals surface area contributed by atoms with E-state index in [1.807, 2.05) is 6.20 Å². The van der Waals surface area contributed by atoms with Crippen LogP contribution in [0.15, 0.2) is 10.6 Å². The minimum atomic E-state index is 0.0146. The van der Waals surface area contributed by atoms with E-state index in [2.05, 4.69) is 44.6 Å². The summed E-state index contributed by atoms with van der Waals surface area (Å²) in [5.41, 5.74) is 0.0146. The molecule has 1 fully saturated rings. The van der Waals surface area contributed by atoms with Crippen molar-refractivity contribution in [3.8, 4) is 0 Å². The zero-order chi connectivity index (χ0) is 14.8. The molecule has 0 N–H and O–H groups in total. The predicted molar refractivity (Wildman–Crippen MR) is 79.8 cm³/mol. The highest BCUT2D eigenvalue weighted by Gasteiger charge is 2.25. The highest BCUT2D eigenvalue weighted by molar-refractivity contribution is 5.07. The first-order chi connectivity index (χ1) is 9.38. The highest BCUT2D eigenvalue weighted by atomic mass is 16.5. The maximum Gasteiger partial charge on any atom is 0.211 e. The molecule has 0 amide bonds. The summed E-state index contributed by atoms with van der Waals surface area (Å²) in [7, 11) is 2.14. The van der Waals surface area contributed by atoms with Gasteiger partial charge in [0.1, 0.15) is 5.76 Å². The van der Waals surface area contributed by atoms with Crippen molar-refractivity contribution in [2.24, 2.45) is 5.92 Å². The molecule has 0 bridgehead atoms. The van der Waals surface area contributed by atoms with Crippen LogP contribution < -0.4 is 0 Å². The molecule has 0 aliphatic carbocycles. The standard InChI is InChI=1S/C16H28N2O2/c1-12(15-17-9-14(20-15)16(2,3)4)18(5)10-13-7-6-8-19-11-13/h9,12-13H,6-8,10-11H2,1-5H3/t12-,13-/m0/s1. The number of hydrogen-bond donors (Lipinski definition) is 0. The number of ether oxygens (including phenoxy) is 1. The minimum absolute atomic E-state index is 0.0146. The number of aromatic nitrogens is 1. The Morgan fingerprint density at radius 2 is 2.20 bits per heavy atom. The molecule has 2 rings (SSSR count). The largest absolute Gasteiger partial charge is 0.443 e. The van der Waals surface area contributed by atoms with Gasteiger partial charge in [-0.25, -0.2) is 4.98 Å². The van der Waals surface area contributed by atoms with Gasteiger partial charge in [0.2, 0.25) is 5.89 Å². The predicted octanol–water partition coefficient (Wildman–Crippen LogP) is 3.39. The summed E-state index contributed by atoms with van der Waals surface area (Å²) in [6, 6.07) is 0.202. The van der Waals surface area contributed by atoms with Crippen LogP contribution in [-0.4, -0.2) is 36.7 Å². The zero-order valence-corrected chi connectivity index (χ0v) is 13.5. The second kappa shape index (κ2) is 6.27. The molecule has 0 spiro atoms. The molecule has 1 aliphatic rings. The average molecular weight is 280 g/mol. The molecule has 0 saturated carbocycles. The van der Waals surface area contributed by atoms with E-state index in [4.69, 9.17) is 9.15 Å². The topological polar surface area (TPSA) is 38.5 Å². The maximum absolute atomic E-state index is 5.94. The van der Waals surface area contributed by atoms with Crippen molar-refractivity contribution < 1.29 is 9.15 Å². The number of rotatable bonds is 4. The van der Waals surface area contributed by atoms with Crippen LogP contribution in [0.3, 0.4) is 0 Å². The monoisotopic (exact) mass is 280 g/mol. The van der Waals surface area contributed by atoms with E-state index in [1.54, 1.807) is 0 Å². The Morgan fingerprint density at radius 3 is 2.75 bits per heavy atom. The van der Waals surface area contributed by atoms with Crippen molar-refractivity contribution in [1.29, 1.82) is 0 Å². The molecular formula is C16H28N2O2. The fourth-order valence-electron chi connectivity index (χ4n) is 2.53. The lowest BCUT2D eigenvalue weighted by atomic mass is 9.94. The third-order valence-electron chi connectivity index (χ3n) is 4.08. The van der Waals surface area contributed by atoms with E-state index < -0.39 is 0 Å². The van der Waals surface area contributed by atoms with Crippen LogP contribution in [0, 0.1) is 5.92 Å². The van der Waals surface area contributed by atoms with Crippen LogP contribution in [-0.2, 0) is 10.2 Å². The van der Waals surface area contributed by atoms with Crippen molar-refractivity contribution in [1.82, 2.24) is 9.88 Å². The summed E-state index contributed by atoms with van der Waals surface area (Å²) < 4.78 is 11.5. The van der Waals surface area contributed by atoms with E-state index in [9.17, 15) is 0 Å². The van der Waals surface area contributed by atoms with Gasteiger partial charge in [0.15, 0.2) is 0 Å². The van der Waals surface area contributed by atoms with Gasteiger partial charge >= 0.3 is 0 Å². The SMILES string of the molecule is C[C@@H](c1ncc(C(C)(C)C)o1)N(C)C[C@@H]1CCCOC1. The Hall–Kier alpha value is -0.870. The highest BCUT2D eigenvalue weighted by Crippen LogP contribution is 2.27. The van der Waals surface area contributed by atoms with Crippen LogP contribution in [0.2, 0.25) is 0 Å². The fourth-order valence-corrected chi connectivity index (χ4v) is 2.53. The number of nitrogens with zero attached hydrogens (tertiary/aromatic N) is 2. The molecule has 1 aliphatic heterocycles. The fraction of sp³-hybridized carbons (Fsp3) is 0.812. The smallest absolute Gasteiger partial charge is 0.211 e. The van der Waals surface area contributed by atoms with Crippen LogP contribution in [0.25, 0.3) is 0 Å². The third-order valence-corrected chi connectivity index (χ3v) is 4.08. The first-order valence-corrected chi connectivity index (χ1v) is 7.62. The van der Waals surface area contributed by atoms with Crippen LogP contribution in [0.1, 0.15) is 58.2 Å². The normalized spacial score (nSPS) is 22.2. The molecule has 4 nitrogen and oxygen atoms in total. The molecule has 2 heterocycles. The van der Waals surface area contributed by atoms with Crippen molar-refractivity contribution in [2.75, 3.05) is 26.8 Å². The molecule has 1 saturated heterocycles. The second-order valence-corrected chi connectivity index (χ2v) is 7.01. The molecule has 1 aromatic rings. The van der Waals surface area contributed by atoms with Crippen LogP contribution in [0.4, 0.5) is 0 Å². The van der Waals surface area contributed by atoms with Gasteiger partial charge in [0, 0.05) is 18.6 Å². The maximum atomic E-state index is 5.94. The molecule has 114 valence electrons. The van der Waals surface area contributed by atoms with Gasteiger partial charge in [-0.3, -0.25) is 4.90 Å². The lowest BCUT2D eigenvalue weighted by Gasteiger charge is -2.29. The van der Waals surface area contributed by atoms with Crippen molar-refractivity contribution in [3.63, 3.8) is 0 Å². The lowest BCUT2D eigenvalue weighted by Crippen LogP contribution is -2.32. The van der Waals surface area contributed by atoms with Crippen LogP contribution in [0.5, 0.6) is 0 Å². The summed E-state index contributed by atoms with van der Waals surface area (Å²) in [6.07, 6.45) is 4.30.